The van der Waals surface area contributed by atoms with Gasteiger partial charge in [-0.25, -0.2) is 4.68 Å². The maximum absolute atomic E-state index is 7.69. The number of rotatable bonds is 1. The quantitative estimate of drug-likeness (QED) is 0.825. The highest BCUT2D eigenvalue weighted by Crippen LogP contribution is 2.13. The van der Waals surface area contributed by atoms with Crippen LogP contribution in [0.15, 0.2) is 35.3 Å². The molecule has 2 N–H and O–H groups in total. The molecule has 0 amide bonds. The first-order valence-corrected chi connectivity index (χ1v) is 4.31. The van der Waals surface area contributed by atoms with Crippen LogP contribution in [0, 0.1) is 0 Å². The molecular formula is C8H7BrN4. The van der Waals surface area contributed by atoms with E-state index in [0.717, 1.165) is 0 Å². The van der Waals surface area contributed by atoms with Gasteiger partial charge in [-0.05, 0) is 22.0 Å². The lowest BCUT2D eigenvalue weighted by molar-refractivity contribution is 0.874. The van der Waals surface area contributed by atoms with Crippen LogP contribution in [0.3, 0.4) is 0 Å². The van der Waals surface area contributed by atoms with E-state index in [2.05, 4.69) is 26.0 Å². The molecule has 0 aliphatic rings. The highest BCUT2D eigenvalue weighted by atomic mass is 79.9. The zero-order valence-corrected chi connectivity index (χ0v) is 8.12. The summed E-state index contributed by atoms with van der Waals surface area (Å²) in [6.07, 6.45) is 3.16. The Morgan fingerprint density at radius 2 is 2.38 bits per heavy atom. The average molecular weight is 241 g/mol. The van der Waals surface area contributed by atoms with Gasteiger partial charge in [0.25, 0.3) is 0 Å². The van der Waals surface area contributed by atoms with Crippen molar-refractivity contribution >= 4 is 21.6 Å². The molecule has 0 aromatic carbocycles. The SMILES string of the molecule is [2H]c1nn(-c2cncc(N)c2)c([2H])c1Br. The van der Waals surface area contributed by atoms with Gasteiger partial charge in [-0.1, -0.05) is 0 Å². The minimum atomic E-state index is 0.0161. The summed E-state index contributed by atoms with van der Waals surface area (Å²) in [7, 11) is 0. The van der Waals surface area contributed by atoms with Crippen molar-refractivity contribution in [1.29, 1.82) is 0 Å². The van der Waals surface area contributed by atoms with Gasteiger partial charge >= 0.3 is 0 Å². The van der Waals surface area contributed by atoms with Crippen molar-refractivity contribution in [1.82, 2.24) is 14.8 Å². The highest BCUT2D eigenvalue weighted by molar-refractivity contribution is 9.10. The molecule has 0 aliphatic heterocycles. The predicted molar refractivity (Wildman–Crippen MR) is 53.5 cm³/mol. The second-order valence-corrected chi connectivity index (χ2v) is 3.22. The van der Waals surface area contributed by atoms with Gasteiger partial charge in [0.15, 0.2) is 0 Å². The summed E-state index contributed by atoms with van der Waals surface area (Å²) in [5, 5.41) is 3.87. The Bertz CT molecular complexity index is 511. The van der Waals surface area contributed by atoms with Gasteiger partial charge in [0, 0.05) is 12.4 Å². The minimum Gasteiger partial charge on any atom is -0.397 e. The van der Waals surface area contributed by atoms with E-state index in [-0.39, 0.29) is 12.3 Å². The van der Waals surface area contributed by atoms with E-state index in [1.54, 1.807) is 6.07 Å². The van der Waals surface area contributed by atoms with Crippen LogP contribution in [0.25, 0.3) is 5.69 Å². The molecule has 0 atom stereocenters. The fraction of sp³-hybridized carbons (Fsp3) is 0. The molecule has 0 aliphatic carbocycles. The van der Waals surface area contributed by atoms with E-state index in [1.165, 1.54) is 17.1 Å². The van der Waals surface area contributed by atoms with Crippen molar-refractivity contribution in [3.63, 3.8) is 0 Å². The number of aromatic nitrogens is 3. The molecule has 5 heteroatoms. The van der Waals surface area contributed by atoms with Crippen LogP contribution in [0.1, 0.15) is 2.74 Å². The monoisotopic (exact) mass is 240 g/mol. The topological polar surface area (TPSA) is 56.7 Å². The van der Waals surface area contributed by atoms with E-state index >= 15 is 0 Å². The fourth-order valence-corrected chi connectivity index (χ4v) is 1.17. The fourth-order valence-electron chi connectivity index (χ4n) is 0.920. The summed E-state index contributed by atoms with van der Waals surface area (Å²) < 4.78 is 16.8. The van der Waals surface area contributed by atoms with Crippen LogP contribution in [0.4, 0.5) is 5.69 Å². The molecule has 0 radical (unpaired) electrons. The maximum atomic E-state index is 7.69. The van der Waals surface area contributed by atoms with E-state index in [9.17, 15) is 0 Å². The molecule has 2 aromatic rings. The van der Waals surface area contributed by atoms with Crippen molar-refractivity contribution in [3.05, 3.63) is 35.3 Å². The molecule has 0 saturated heterocycles. The molecule has 0 spiro atoms. The van der Waals surface area contributed by atoms with Crippen LogP contribution in [-0.4, -0.2) is 14.8 Å². The van der Waals surface area contributed by atoms with Gasteiger partial charge in [0.05, 0.1) is 31.0 Å². The molecule has 2 heterocycles. The molecule has 0 unspecified atom stereocenters. The average Bonchev–Trinajstić information content (AvgIpc) is 2.46. The first-order valence-electron chi connectivity index (χ1n) is 4.52. The number of nitrogen functional groups attached to an aromatic ring is 1. The molecule has 0 bridgehead atoms. The molecule has 66 valence electrons. The summed E-state index contributed by atoms with van der Waals surface area (Å²) in [4.78, 5) is 3.89. The van der Waals surface area contributed by atoms with Gasteiger partial charge < -0.3 is 5.73 Å². The number of halogens is 1. The maximum Gasteiger partial charge on any atom is 0.0872 e. The normalized spacial score (nSPS) is 12.4. The number of pyridine rings is 1. The summed E-state index contributed by atoms with van der Waals surface area (Å²) in [5.74, 6) is 0. The smallest absolute Gasteiger partial charge is 0.0872 e. The Hall–Kier alpha value is -1.36. The highest BCUT2D eigenvalue weighted by Gasteiger charge is 1.98. The summed E-state index contributed by atoms with van der Waals surface area (Å²) >= 11 is 3.11. The number of nitrogens with zero attached hydrogens (tertiary/aromatic N) is 3. The van der Waals surface area contributed by atoms with E-state index in [4.69, 9.17) is 8.48 Å². The zero-order chi connectivity index (χ0) is 11.0. The van der Waals surface area contributed by atoms with Gasteiger partial charge in [0.2, 0.25) is 0 Å². The summed E-state index contributed by atoms with van der Waals surface area (Å²) in [6, 6.07) is 1.64. The number of anilines is 1. The van der Waals surface area contributed by atoms with Crippen molar-refractivity contribution < 1.29 is 2.74 Å². The number of nitrogens with two attached hydrogens (primary N) is 1. The van der Waals surface area contributed by atoms with Crippen LogP contribution in [0.5, 0.6) is 0 Å². The standard InChI is InChI=1S/C8H7BrN4/c9-6-2-12-13(5-6)8-1-7(10)3-11-4-8/h1-5H,10H2/i2D,5D. The lowest BCUT2D eigenvalue weighted by Crippen LogP contribution is -1.96. The van der Waals surface area contributed by atoms with E-state index in [0.29, 0.717) is 15.8 Å². The van der Waals surface area contributed by atoms with Crippen molar-refractivity contribution in [2.45, 2.75) is 0 Å². The number of hydrogen-bond donors (Lipinski definition) is 1. The molecule has 0 fully saturated rings. The van der Waals surface area contributed by atoms with Gasteiger partial charge in [-0.15, -0.1) is 0 Å². The molecular weight excluding hydrogens is 232 g/mol. The Morgan fingerprint density at radius 3 is 3.00 bits per heavy atom. The predicted octanol–water partition coefficient (Wildman–Crippen LogP) is 1.61. The lowest BCUT2D eigenvalue weighted by Gasteiger charge is -2.00. The molecule has 2 aromatic heterocycles. The van der Waals surface area contributed by atoms with Crippen molar-refractivity contribution in [2.24, 2.45) is 0 Å². The third-order valence-corrected chi connectivity index (χ3v) is 1.80. The van der Waals surface area contributed by atoms with E-state index < -0.39 is 0 Å². The third-order valence-electron chi connectivity index (χ3n) is 1.44. The van der Waals surface area contributed by atoms with Gasteiger partial charge in [-0.2, -0.15) is 5.10 Å². The zero-order valence-electron chi connectivity index (χ0n) is 8.53. The number of hydrogen-bond acceptors (Lipinski definition) is 3. The Morgan fingerprint density at radius 1 is 1.54 bits per heavy atom. The second kappa shape index (κ2) is 3.18. The minimum absolute atomic E-state index is 0.0161. The molecule has 2 rings (SSSR count). The van der Waals surface area contributed by atoms with Crippen LogP contribution in [0.2, 0.25) is 0 Å². The molecule has 4 nitrogen and oxygen atoms in total. The lowest BCUT2D eigenvalue weighted by atomic mass is 10.4. The van der Waals surface area contributed by atoms with Crippen molar-refractivity contribution in [3.8, 4) is 5.69 Å². The van der Waals surface area contributed by atoms with Gasteiger partial charge in [-0.3, -0.25) is 4.98 Å². The second-order valence-electron chi connectivity index (χ2n) is 2.43. The van der Waals surface area contributed by atoms with Crippen molar-refractivity contribution in [2.75, 3.05) is 5.73 Å². The Labute approximate surface area is 86.3 Å². The summed E-state index contributed by atoms with van der Waals surface area (Å²) in [5.41, 5.74) is 6.63. The van der Waals surface area contributed by atoms with Crippen LogP contribution >= 0.6 is 15.9 Å². The Kier molecular flexibility index (Phi) is 1.50. The first-order chi connectivity index (χ1) is 7.09. The Balaban J connectivity index is 2.59. The third kappa shape index (κ3) is 1.70. The van der Waals surface area contributed by atoms with Gasteiger partial charge in [0.1, 0.15) is 0 Å². The van der Waals surface area contributed by atoms with E-state index in [1.807, 2.05) is 0 Å². The first kappa shape index (κ1) is 6.15. The van der Waals surface area contributed by atoms with Crippen LogP contribution < -0.4 is 5.73 Å². The largest absolute Gasteiger partial charge is 0.397 e. The molecule has 0 saturated carbocycles. The van der Waals surface area contributed by atoms with Crippen LogP contribution in [-0.2, 0) is 0 Å². The molecule has 13 heavy (non-hydrogen) atoms. The summed E-state index contributed by atoms with van der Waals surface area (Å²) in [6.45, 7) is 0.